The van der Waals surface area contributed by atoms with E-state index in [-0.39, 0.29) is 11.3 Å². The highest BCUT2D eigenvalue weighted by Gasteiger charge is 2.29. The first-order valence-corrected chi connectivity index (χ1v) is 9.22. The van der Waals surface area contributed by atoms with Crippen LogP contribution in [0, 0.1) is 12.3 Å². The number of hydrogen-bond acceptors (Lipinski definition) is 4. The van der Waals surface area contributed by atoms with Gasteiger partial charge >= 0.3 is 0 Å². The molecule has 0 aliphatic carbocycles. The van der Waals surface area contributed by atoms with Gasteiger partial charge in [-0.1, -0.05) is 44.5 Å². The van der Waals surface area contributed by atoms with Crippen molar-refractivity contribution in [2.45, 2.75) is 34.2 Å². The number of carbonyl (C=O) groups excluding carboxylic acids is 1. The van der Waals surface area contributed by atoms with Crippen molar-refractivity contribution in [1.29, 1.82) is 0 Å². The molecule has 5 nitrogen and oxygen atoms in total. The Hall–Kier alpha value is -2.27. The van der Waals surface area contributed by atoms with Gasteiger partial charge in [0, 0.05) is 61.7 Å². The van der Waals surface area contributed by atoms with E-state index in [9.17, 15) is 4.79 Å². The Morgan fingerprint density at radius 3 is 2.31 bits per heavy atom. The van der Waals surface area contributed by atoms with Crippen molar-refractivity contribution in [1.82, 2.24) is 19.8 Å². The van der Waals surface area contributed by atoms with Gasteiger partial charge in [-0.3, -0.25) is 9.69 Å². The minimum Gasteiger partial charge on any atom is -0.340 e. The highest BCUT2D eigenvalue weighted by molar-refractivity contribution is 5.81. The second kappa shape index (κ2) is 7.54. The fourth-order valence-corrected chi connectivity index (χ4v) is 3.21. The van der Waals surface area contributed by atoms with Gasteiger partial charge in [-0.2, -0.15) is 0 Å². The van der Waals surface area contributed by atoms with Crippen LogP contribution in [0.15, 0.2) is 36.7 Å². The highest BCUT2D eigenvalue weighted by atomic mass is 16.2. The summed E-state index contributed by atoms with van der Waals surface area (Å²) < 4.78 is 0. The molecule has 0 spiro atoms. The van der Waals surface area contributed by atoms with Gasteiger partial charge in [0.05, 0.1) is 0 Å². The maximum atomic E-state index is 12.4. The normalized spacial score (nSPS) is 15.9. The van der Waals surface area contributed by atoms with Crippen molar-refractivity contribution in [2.24, 2.45) is 5.41 Å². The van der Waals surface area contributed by atoms with Crippen molar-refractivity contribution in [3.8, 4) is 11.4 Å². The zero-order chi connectivity index (χ0) is 18.7. The van der Waals surface area contributed by atoms with Crippen LogP contribution in [0.5, 0.6) is 0 Å². The van der Waals surface area contributed by atoms with E-state index in [0.29, 0.717) is 0 Å². The van der Waals surface area contributed by atoms with Crippen LogP contribution < -0.4 is 0 Å². The molecule has 1 amide bonds. The number of rotatable bonds is 3. The molecule has 1 fully saturated rings. The smallest absolute Gasteiger partial charge is 0.228 e. The lowest BCUT2D eigenvalue weighted by atomic mass is 9.94. The predicted molar refractivity (Wildman–Crippen MR) is 104 cm³/mol. The number of aryl methyl sites for hydroxylation is 1. The van der Waals surface area contributed by atoms with Crippen molar-refractivity contribution >= 4 is 5.91 Å². The Morgan fingerprint density at radius 2 is 1.73 bits per heavy atom. The molecule has 0 N–H and O–H groups in total. The van der Waals surface area contributed by atoms with Gasteiger partial charge in [0.25, 0.3) is 0 Å². The third kappa shape index (κ3) is 4.47. The molecule has 2 heterocycles. The van der Waals surface area contributed by atoms with E-state index in [1.807, 2.05) is 50.2 Å². The lowest BCUT2D eigenvalue weighted by molar-refractivity contribution is -0.141. The fourth-order valence-electron chi connectivity index (χ4n) is 3.21. The predicted octanol–water partition coefficient (Wildman–Crippen LogP) is 3.14. The summed E-state index contributed by atoms with van der Waals surface area (Å²) >= 11 is 0. The molecule has 2 aromatic rings. The Labute approximate surface area is 156 Å². The molecular formula is C21H28N4O. The van der Waals surface area contributed by atoms with Gasteiger partial charge < -0.3 is 4.90 Å². The Kier molecular flexibility index (Phi) is 5.37. The first-order chi connectivity index (χ1) is 12.3. The zero-order valence-electron chi connectivity index (χ0n) is 16.2. The van der Waals surface area contributed by atoms with Crippen LogP contribution in [-0.4, -0.2) is 51.9 Å². The summed E-state index contributed by atoms with van der Waals surface area (Å²) in [6.45, 7) is 12.2. The molecule has 1 aliphatic heterocycles. The monoisotopic (exact) mass is 352 g/mol. The third-order valence-electron chi connectivity index (χ3n) is 4.69. The molecule has 26 heavy (non-hydrogen) atoms. The second-order valence-corrected chi connectivity index (χ2v) is 8.10. The van der Waals surface area contributed by atoms with Crippen molar-refractivity contribution < 1.29 is 4.79 Å². The van der Waals surface area contributed by atoms with Gasteiger partial charge in [-0.15, -0.1) is 0 Å². The average molecular weight is 352 g/mol. The van der Waals surface area contributed by atoms with Crippen LogP contribution in [-0.2, 0) is 11.3 Å². The van der Waals surface area contributed by atoms with E-state index in [0.717, 1.165) is 49.7 Å². The average Bonchev–Trinajstić information content (AvgIpc) is 2.62. The molecule has 0 atom stereocenters. The first kappa shape index (κ1) is 18.5. The van der Waals surface area contributed by atoms with Crippen LogP contribution in [0.1, 0.15) is 31.9 Å². The SMILES string of the molecule is Cc1cccc(-c2ncc(CN3CCN(C(=O)C(C)(C)C)CC3)cn2)c1. The molecule has 5 heteroatoms. The number of benzene rings is 1. The summed E-state index contributed by atoms with van der Waals surface area (Å²) in [5.74, 6) is 1.00. The minimum atomic E-state index is -0.304. The number of nitrogens with zero attached hydrogens (tertiary/aromatic N) is 4. The van der Waals surface area contributed by atoms with E-state index in [1.165, 1.54) is 5.56 Å². The summed E-state index contributed by atoms with van der Waals surface area (Å²) in [6, 6.07) is 8.23. The molecule has 0 unspecified atom stereocenters. The van der Waals surface area contributed by atoms with Crippen LogP contribution in [0.25, 0.3) is 11.4 Å². The number of piperazine rings is 1. The molecule has 1 aliphatic rings. The molecule has 1 saturated heterocycles. The lowest BCUT2D eigenvalue weighted by Gasteiger charge is -2.37. The highest BCUT2D eigenvalue weighted by Crippen LogP contribution is 2.20. The van der Waals surface area contributed by atoms with Gasteiger partial charge in [-0.05, 0) is 13.0 Å². The van der Waals surface area contributed by atoms with E-state index in [2.05, 4.69) is 33.9 Å². The van der Waals surface area contributed by atoms with E-state index < -0.39 is 0 Å². The minimum absolute atomic E-state index is 0.239. The van der Waals surface area contributed by atoms with Crippen LogP contribution >= 0.6 is 0 Å². The van der Waals surface area contributed by atoms with Crippen molar-refractivity contribution in [3.05, 3.63) is 47.8 Å². The Morgan fingerprint density at radius 1 is 1.08 bits per heavy atom. The molecular weight excluding hydrogens is 324 g/mol. The van der Waals surface area contributed by atoms with E-state index in [1.54, 1.807) is 0 Å². The Bertz CT molecular complexity index is 756. The fraction of sp³-hybridized carbons (Fsp3) is 0.476. The summed E-state index contributed by atoms with van der Waals surface area (Å²) in [6.07, 6.45) is 3.83. The number of amides is 1. The van der Waals surface area contributed by atoms with Crippen molar-refractivity contribution in [3.63, 3.8) is 0 Å². The van der Waals surface area contributed by atoms with Crippen LogP contribution in [0.4, 0.5) is 0 Å². The topological polar surface area (TPSA) is 49.3 Å². The zero-order valence-corrected chi connectivity index (χ0v) is 16.2. The molecule has 0 bridgehead atoms. The molecule has 1 aromatic carbocycles. The third-order valence-corrected chi connectivity index (χ3v) is 4.69. The van der Waals surface area contributed by atoms with E-state index >= 15 is 0 Å². The quantitative estimate of drug-likeness (QED) is 0.851. The summed E-state index contributed by atoms with van der Waals surface area (Å²) in [5.41, 5.74) is 3.06. The van der Waals surface area contributed by atoms with Crippen molar-refractivity contribution in [2.75, 3.05) is 26.2 Å². The Balaban J connectivity index is 1.57. The summed E-state index contributed by atoms with van der Waals surface area (Å²) in [4.78, 5) is 25.8. The van der Waals surface area contributed by atoms with Gasteiger partial charge in [0.1, 0.15) is 0 Å². The maximum Gasteiger partial charge on any atom is 0.228 e. The number of aromatic nitrogens is 2. The molecule has 138 valence electrons. The molecule has 3 rings (SSSR count). The number of carbonyl (C=O) groups is 1. The summed E-state index contributed by atoms with van der Waals surface area (Å²) in [5, 5.41) is 0. The molecule has 0 radical (unpaired) electrons. The first-order valence-electron chi connectivity index (χ1n) is 9.22. The van der Waals surface area contributed by atoms with Crippen LogP contribution in [0.2, 0.25) is 0 Å². The van der Waals surface area contributed by atoms with Gasteiger partial charge in [0.2, 0.25) is 5.91 Å². The largest absolute Gasteiger partial charge is 0.340 e. The molecule has 0 saturated carbocycles. The van der Waals surface area contributed by atoms with Gasteiger partial charge in [0.15, 0.2) is 5.82 Å². The number of hydrogen-bond donors (Lipinski definition) is 0. The summed E-state index contributed by atoms with van der Waals surface area (Å²) in [7, 11) is 0. The lowest BCUT2D eigenvalue weighted by Crippen LogP contribution is -2.51. The van der Waals surface area contributed by atoms with E-state index in [4.69, 9.17) is 0 Å². The van der Waals surface area contributed by atoms with Crippen LogP contribution in [0.3, 0.4) is 0 Å². The second-order valence-electron chi connectivity index (χ2n) is 8.10. The molecule has 1 aromatic heterocycles. The van der Waals surface area contributed by atoms with Gasteiger partial charge in [-0.25, -0.2) is 9.97 Å². The maximum absolute atomic E-state index is 12.4. The standard InChI is InChI=1S/C21H28N4O/c1-16-6-5-7-18(12-16)19-22-13-17(14-23-19)15-24-8-10-25(11-9-24)20(26)21(2,3)4/h5-7,12-14H,8-11,15H2,1-4H3.